The Morgan fingerprint density at radius 2 is 1.88 bits per heavy atom. The maximum absolute atomic E-state index is 12.0. The molecule has 0 aliphatic heterocycles. The highest BCUT2D eigenvalue weighted by atomic mass is 16.5. The lowest BCUT2D eigenvalue weighted by atomic mass is 10.2. The molecule has 1 amide bonds. The zero-order valence-corrected chi connectivity index (χ0v) is 13.9. The van der Waals surface area contributed by atoms with E-state index in [0.29, 0.717) is 10.3 Å². The van der Waals surface area contributed by atoms with Gasteiger partial charge in [0.2, 0.25) is 0 Å². The Hall–Kier alpha value is -3.48. The highest BCUT2D eigenvalue weighted by Gasteiger charge is 2.11. The number of carbonyl (C=O) groups is 1. The van der Waals surface area contributed by atoms with Gasteiger partial charge in [0.15, 0.2) is 12.4 Å². The Morgan fingerprint density at radius 3 is 2.56 bits per heavy atom. The Labute approximate surface area is 144 Å². The number of pyridine rings is 1. The fourth-order valence-electron chi connectivity index (χ4n) is 2.45. The Kier molecular flexibility index (Phi) is 4.56. The molecule has 0 unspecified atom stereocenters. The van der Waals surface area contributed by atoms with Gasteiger partial charge in [-0.3, -0.25) is 4.79 Å². The summed E-state index contributed by atoms with van der Waals surface area (Å²) in [4.78, 5) is 12.0. The van der Waals surface area contributed by atoms with Gasteiger partial charge in [0, 0.05) is 17.7 Å². The van der Waals surface area contributed by atoms with Crippen molar-refractivity contribution in [1.29, 1.82) is 0 Å². The standard InChI is InChI=1S/C18H17N5O2/c1-13-17(14(2)23(21-13)16-6-4-3-5-7-16)12-19-20-18(24)15-8-10-22(25)11-9-15/h3-12H,1-2H3,(H,20,24)/b19-12+. The average molecular weight is 335 g/mol. The Bertz CT molecular complexity index is 915. The maximum atomic E-state index is 12.0. The summed E-state index contributed by atoms with van der Waals surface area (Å²) in [5.74, 6) is -0.386. The summed E-state index contributed by atoms with van der Waals surface area (Å²) in [6.45, 7) is 3.83. The van der Waals surface area contributed by atoms with E-state index in [1.807, 2.05) is 48.9 Å². The van der Waals surface area contributed by atoms with Crippen LogP contribution in [-0.4, -0.2) is 21.9 Å². The lowest BCUT2D eigenvalue weighted by Gasteiger charge is -2.03. The van der Waals surface area contributed by atoms with Crippen molar-refractivity contribution in [2.75, 3.05) is 0 Å². The van der Waals surface area contributed by atoms with Gasteiger partial charge in [-0.15, -0.1) is 0 Å². The highest BCUT2D eigenvalue weighted by Crippen LogP contribution is 2.16. The molecule has 0 saturated carbocycles. The molecule has 0 radical (unpaired) electrons. The second-order valence-corrected chi connectivity index (χ2v) is 5.48. The van der Waals surface area contributed by atoms with E-state index in [-0.39, 0.29) is 5.91 Å². The van der Waals surface area contributed by atoms with Crippen molar-refractivity contribution >= 4 is 12.1 Å². The van der Waals surface area contributed by atoms with Crippen molar-refractivity contribution in [1.82, 2.24) is 15.2 Å². The molecule has 7 nitrogen and oxygen atoms in total. The molecule has 7 heteroatoms. The summed E-state index contributed by atoms with van der Waals surface area (Å²) in [7, 11) is 0. The summed E-state index contributed by atoms with van der Waals surface area (Å²) in [5, 5.41) is 19.5. The predicted octanol–water partition coefficient (Wildman–Crippen LogP) is 1.89. The summed E-state index contributed by atoms with van der Waals surface area (Å²) in [6, 6.07) is 12.7. The number of amides is 1. The number of nitrogens with zero attached hydrogens (tertiary/aromatic N) is 4. The van der Waals surface area contributed by atoms with Crippen LogP contribution in [0.3, 0.4) is 0 Å². The lowest BCUT2D eigenvalue weighted by Crippen LogP contribution is -2.26. The molecule has 0 aliphatic rings. The number of nitrogens with one attached hydrogen (secondary N) is 1. The van der Waals surface area contributed by atoms with Gasteiger partial charge in [0.05, 0.1) is 28.9 Å². The van der Waals surface area contributed by atoms with E-state index in [0.717, 1.165) is 22.6 Å². The molecule has 3 rings (SSSR count). The predicted molar refractivity (Wildman–Crippen MR) is 93.5 cm³/mol. The van der Waals surface area contributed by atoms with Gasteiger partial charge in [0.1, 0.15) is 0 Å². The molecule has 3 aromatic rings. The van der Waals surface area contributed by atoms with Crippen LogP contribution in [0.1, 0.15) is 27.3 Å². The molecule has 0 atom stereocenters. The van der Waals surface area contributed by atoms with Crippen molar-refractivity contribution < 1.29 is 9.52 Å². The van der Waals surface area contributed by atoms with E-state index in [2.05, 4.69) is 15.6 Å². The first kappa shape index (κ1) is 16.4. The van der Waals surface area contributed by atoms with E-state index < -0.39 is 0 Å². The van der Waals surface area contributed by atoms with E-state index in [9.17, 15) is 10.0 Å². The maximum Gasteiger partial charge on any atom is 0.271 e. The van der Waals surface area contributed by atoms with Gasteiger partial charge in [0.25, 0.3) is 5.91 Å². The van der Waals surface area contributed by atoms with E-state index in [1.165, 1.54) is 24.5 Å². The van der Waals surface area contributed by atoms with Crippen LogP contribution < -0.4 is 10.2 Å². The normalized spacial score (nSPS) is 11.0. The number of aryl methyl sites for hydroxylation is 1. The molecule has 25 heavy (non-hydrogen) atoms. The summed E-state index contributed by atoms with van der Waals surface area (Å²) >= 11 is 0. The Morgan fingerprint density at radius 1 is 1.20 bits per heavy atom. The van der Waals surface area contributed by atoms with Gasteiger partial charge in [-0.2, -0.15) is 14.9 Å². The molecule has 1 N–H and O–H groups in total. The van der Waals surface area contributed by atoms with Crippen molar-refractivity contribution in [3.05, 3.63) is 82.6 Å². The van der Waals surface area contributed by atoms with Crippen LogP contribution in [-0.2, 0) is 0 Å². The average Bonchev–Trinajstić information content (AvgIpc) is 2.91. The van der Waals surface area contributed by atoms with Gasteiger partial charge >= 0.3 is 0 Å². The van der Waals surface area contributed by atoms with Gasteiger partial charge in [-0.25, -0.2) is 10.1 Å². The number of hydrogen-bond donors (Lipinski definition) is 1. The van der Waals surface area contributed by atoms with Crippen molar-refractivity contribution in [2.45, 2.75) is 13.8 Å². The Balaban J connectivity index is 1.77. The van der Waals surface area contributed by atoms with Crippen LogP contribution >= 0.6 is 0 Å². The van der Waals surface area contributed by atoms with Crippen LogP contribution in [0.4, 0.5) is 0 Å². The summed E-state index contributed by atoms with van der Waals surface area (Å²) in [6.07, 6.45) is 4.10. The highest BCUT2D eigenvalue weighted by molar-refractivity contribution is 5.94. The van der Waals surface area contributed by atoms with Crippen molar-refractivity contribution in [3.63, 3.8) is 0 Å². The minimum Gasteiger partial charge on any atom is -0.619 e. The van der Waals surface area contributed by atoms with Crippen LogP contribution in [0, 0.1) is 19.1 Å². The van der Waals surface area contributed by atoms with Crippen LogP contribution in [0.15, 0.2) is 60.0 Å². The first-order valence-electron chi connectivity index (χ1n) is 7.70. The fourth-order valence-corrected chi connectivity index (χ4v) is 2.45. The minimum atomic E-state index is -0.386. The molecule has 2 heterocycles. The molecule has 0 aliphatic carbocycles. The van der Waals surface area contributed by atoms with E-state index in [1.54, 1.807) is 6.21 Å². The number of para-hydroxylation sites is 1. The lowest BCUT2D eigenvalue weighted by molar-refractivity contribution is -0.605. The zero-order valence-electron chi connectivity index (χ0n) is 13.9. The first-order chi connectivity index (χ1) is 12.1. The largest absolute Gasteiger partial charge is 0.619 e. The molecule has 0 fully saturated rings. The first-order valence-corrected chi connectivity index (χ1v) is 7.70. The number of hydrogen-bond acceptors (Lipinski definition) is 4. The fraction of sp³-hybridized carbons (Fsp3) is 0.111. The van der Waals surface area contributed by atoms with Crippen LogP contribution in [0.5, 0.6) is 0 Å². The van der Waals surface area contributed by atoms with Crippen molar-refractivity contribution in [2.24, 2.45) is 5.10 Å². The van der Waals surface area contributed by atoms with E-state index >= 15 is 0 Å². The molecular weight excluding hydrogens is 318 g/mol. The molecule has 1 aromatic carbocycles. The van der Waals surface area contributed by atoms with Crippen LogP contribution in [0.2, 0.25) is 0 Å². The SMILES string of the molecule is Cc1nn(-c2ccccc2)c(C)c1/C=N/NC(=O)c1cc[n+]([O-])cc1. The molecule has 2 aromatic heterocycles. The topological polar surface area (TPSA) is 86.2 Å². The number of rotatable bonds is 4. The number of hydrazone groups is 1. The van der Waals surface area contributed by atoms with Crippen LogP contribution in [0.25, 0.3) is 5.69 Å². The van der Waals surface area contributed by atoms with Crippen molar-refractivity contribution in [3.8, 4) is 5.69 Å². The molecule has 0 spiro atoms. The summed E-state index contributed by atoms with van der Waals surface area (Å²) < 4.78 is 2.45. The van der Waals surface area contributed by atoms with E-state index in [4.69, 9.17) is 0 Å². The van der Waals surface area contributed by atoms with Gasteiger partial charge < -0.3 is 5.21 Å². The minimum absolute atomic E-state index is 0.359. The third-order valence-corrected chi connectivity index (χ3v) is 3.77. The molecular formula is C18H17N5O2. The van der Waals surface area contributed by atoms with Gasteiger partial charge in [-0.05, 0) is 26.0 Å². The number of benzene rings is 1. The summed E-state index contributed by atoms with van der Waals surface area (Å²) in [5.41, 5.74) is 6.35. The third-order valence-electron chi connectivity index (χ3n) is 3.77. The number of carbonyl (C=O) groups excluding carboxylic acids is 1. The number of aromatic nitrogens is 3. The monoisotopic (exact) mass is 335 g/mol. The zero-order chi connectivity index (χ0) is 17.8. The molecule has 0 saturated heterocycles. The molecule has 0 bridgehead atoms. The van der Waals surface area contributed by atoms with Gasteiger partial charge in [-0.1, -0.05) is 18.2 Å². The third kappa shape index (κ3) is 3.55. The molecule has 126 valence electrons. The quantitative estimate of drug-likeness (QED) is 0.342. The second kappa shape index (κ2) is 6.96. The smallest absolute Gasteiger partial charge is 0.271 e. The second-order valence-electron chi connectivity index (χ2n) is 5.48.